The quantitative estimate of drug-likeness (QED) is 0.490. The predicted octanol–water partition coefficient (Wildman–Crippen LogP) is 5.11. The molecule has 0 radical (unpaired) electrons. The van der Waals surface area contributed by atoms with Crippen molar-refractivity contribution in [1.29, 1.82) is 0 Å². The van der Waals surface area contributed by atoms with E-state index < -0.39 is 11.8 Å². The van der Waals surface area contributed by atoms with E-state index in [1.165, 1.54) is 16.7 Å². The minimum Gasteiger partial charge on any atom is -0.462 e. The summed E-state index contributed by atoms with van der Waals surface area (Å²) < 4.78 is 25.9. The van der Waals surface area contributed by atoms with Crippen molar-refractivity contribution < 1.29 is 18.7 Å². The van der Waals surface area contributed by atoms with Crippen molar-refractivity contribution in [2.24, 2.45) is 5.41 Å². The second-order valence-electron chi connectivity index (χ2n) is 14.9. The highest BCUT2D eigenvalue weighted by molar-refractivity contribution is 5.69. The van der Waals surface area contributed by atoms with E-state index in [9.17, 15) is 9.18 Å². The van der Waals surface area contributed by atoms with Crippen LogP contribution < -0.4 is 9.64 Å². The average Bonchev–Trinajstić information content (AvgIpc) is 3.47. The second-order valence-corrected chi connectivity index (χ2v) is 14.9. The topological polar surface area (TPSA) is 71.0 Å². The molecule has 1 aromatic carbocycles. The molecule has 3 atom stereocenters. The summed E-state index contributed by atoms with van der Waals surface area (Å²) in [6.07, 6.45) is 6.77. The maximum absolute atomic E-state index is 14.0. The number of carbonyl (C=O) groups is 1. The Hall–Kier alpha value is -2.94. The van der Waals surface area contributed by atoms with Crippen molar-refractivity contribution >= 4 is 11.9 Å². The van der Waals surface area contributed by atoms with Crippen LogP contribution in [-0.4, -0.2) is 90.1 Å². The molecule has 2 aromatic rings. The van der Waals surface area contributed by atoms with Gasteiger partial charge in [0.25, 0.3) is 0 Å². The van der Waals surface area contributed by atoms with Crippen molar-refractivity contribution in [3.63, 3.8) is 0 Å². The first-order chi connectivity index (χ1) is 20.5. The Kier molecular flexibility index (Phi) is 7.10. The third-order valence-electron chi connectivity index (χ3n) is 10.7. The number of hydrogen-bond acceptors (Lipinski definition) is 7. The summed E-state index contributed by atoms with van der Waals surface area (Å²) in [7, 11) is 1.96. The van der Waals surface area contributed by atoms with Gasteiger partial charge in [-0.05, 0) is 90.3 Å². The monoisotopic (exact) mass is 591 g/mol. The molecule has 1 unspecified atom stereocenters. The van der Waals surface area contributed by atoms with Crippen molar-refractivity contribution in [3.8, 4) is 6.01 Å². The molecule has 0 saturated carbocycles. The van der Waals surface area contributed by atoms with Gasteiger partial charge < -0.3 is 19.3 Å². The van der Waals surface area contributed by atoms with Crippen LogP contribution in [0.1, 0.15) is 75.3 Å². The molecule has 2 spiro atoms. The van der Waals surface area contributed by atoms with Gasteiger partial charge in [0.15, 0.2) is 0 Å². The smallest absolute Gasteiger partial charge is 0.410 e. The van der Waals surface area contributed by atoms with E-state index >= 15 is 0 Å². The van der Waals surface area contributed by atoms with E-state index in [0.29, 0.717) is 25.6 Å². The first-order valence-corrected chi connectivity index (χ1v) is 16.2. The molecule has 1 amide bonds. The number of anilines is 1. The molecular weight excluding hydrogens is 545 g/mol. The maximum Gasteiger partial charge on any atom is 0.410 e. The molecule has 2 aliphatic carbocycles. The summed E-state index contributed by atoms with van der Waals surface area (Å²) in [5.74, 6) is 1.02. The van der Waals surface area contributed by atoms with Crippen LogP contribution in [-0.2, 0) is 29.4 Å². The van der Waals surface area contributed by atoms with Crippen molar-refractivity contribution in [1.82, 2.24) is 19.8 Å². The fraction of sp³-hybridized carbons (Fsp3) is 0.676. The number of ether oxygens (including phenoxy) is 2. The molecule has 43 heavy (non-hydrogen) atoms. The van der Waals surface area contributed by atoms with Gasteiger partial charge >= 0.3 is 12.1 Å². The van der Waals surface area contributed by atoms with Crippen LogP contribution in [0, 0.1) is 5.41 Å². The summed E-state index contributed by atoms with van der Waals surface area (Å²) in [5, 5.41) is 0. The Morgan fingerprint density at radius 2 is 1.81 bits per heavy atom. The maximum atomic E-state index is 14.0. The van der Waals surface area contributed by atoms with Crippen molar-refractivity contribution in [2.45, 2.75) is 95.4 Å². The number of likely N-dealkylation sites (N-methyl/N-ethyl adjacent to an activating group) is 1. The van der Waals surface area contributed by atoms with Gasteiger partial charge in [-0.3, -0.25) is 4.90 Å². The number of rotatable bonds is 4. The van der Waals surface area contributed by atoms with Crippen LogP contribution in [0.2, 0.25) is 0 Å². The van der Waals surface area contributed by atoms with Crippen LogP contribution in [0.15, 0.2) is 24.3 Å². The largest absolute Gasteiger partial charge is 0.462 e. The second kappa shape index (κ2) is 10.6. The van der Waals surface area contributed by atoms with Crippen LogP contribution in [0.25, 0.3) is 0 Å². The fourth-order valence-electron chi connectivity index (χ4n) is 8.31. The third kappa shape index (κ3) is 5.47. The predicted molar refractivity (Wildman–Crippen MR) is 164 cm³/mol. The van der Waals surface area contributed by atoms with E-state index in [-0.39, 0.29) is 23.0 Å². The summed E-state index contributed by atoms with van der Waals surface area (Å²) in [4.78, 5) is 29.0. The molecule has 0 N–H and O–H groups in total. The highest BCUT2D eigenvalue weighted by Crippen LogP contribution is 2.49. The molecule has 0 bridgehead atoms. The fourth-order valence-corrected chi connectivity index (χ4v) is 8.31. The molecular formula is C34H46FN5O3. The third-order valence-corrected chi connectivity index (χ3v) is 10.7. The highest BCUT2D eigenvalue weighted by atomic mass is 19.1. The molecule has 7 rings (SSSR count). The number of benzene rings is 1. The molecule has 3 fully saturated rings. The lowest BCUT2D eigenvalue weighted by Crippen LogP contribution is -2.62. The van der Waals surface area contributed by atoms with E-state index in [1.54, 1.807) is 0 Å². The molecule has 9 heteroatoms. The number of aromatic nitrogens is 2. The number of alkyl halides is 1. The lowest BCUT2D eigenvalue weighted by molar-refractivity contribution is -0.0435. The van der Waals surface area contributed by atoms with Gasteiger partial charge in [0.2, 0.25) is 0 Å². The molecule has 4 heterocycles. The number of fused-ring (bicyclic) bond motifs is 3. The SMILES string of the molecule is CN1C[C@H](F)C[C@H]1COc1nc2c(c(N3CCC4(CC3)CN(C(=O)OC(C)(C)C)C4)n1)CCC1(CCc3ccccc31)C2. The zero-order valence-electron chi connectivity index (χ0n) is 26.2. The standard InChI is InChI=1S/C34H46FN5O3/c1-32(2,3)43-31(41)40-21-33(22-40)13-15-39(16-14-33)29-26-10-12-34(11-9-23-7-5-6-8-27(23)34)18-28(26)36-30(37-29)42-20-25-17-24(35)19-38(25)4/h5-8,24-25H,9-22H2,1-4H3/t24-,25+,34?/m1/s1. The van der Waals surface area contributed by atoms with E-state index in [1.807, 2.05) is 37.6 Å². The number of nitrogens with zero attached hydrogens (tertiary/aromatic N) is 5. The Bertz CT molecular complexity index is 1380. The molecule has 3 saturated heterocycles. The summed E-state index contributed by atoms with van der Waals surface area (Å²) in [6.45, 7) is 9.90. The molecule has 8 nitrogen and oxygen atoms in total. The van der Waals surface area contributed by atoms with Gasteiger partial charge in [0.1, 0.15) is 24.2 Å². The Morgan fingerprint density at radius 3 is 2.53 bits per heavy atom. The van der Waals surface area contributed by atoms with Crippen LogP contribution in [0.3, 0.4) is 0 Å². The van der Waals surface area contributed by atoms with E-state index in [0.717, 1.165) is 82.6 Å². The van der Waals surface area contributed by atoms with Crippen molar-refractivity contribution in [2.75, 3.05) is 51.3 Å². The Balaban J connectivity index is 1.10. The number of amides is 1. The zero-order valence-corrected chi connectivity index (χ0v) is 26.2. The van der Waals surface area contributed by atoms with Crippen LogP contribution in [0.4, 0.5) is 15.0 Å². The van der Waals surface area contributed by atoms with Crippen molar-refractivity contribution in [3.05, 3.63) is 46.6 Å². The van der Waals surface area contributed by atoms with Crippen LogP contribution >= 0.6 is 0 Å². The summed E-state index contributed by atoms with van der Waals surface area (Å²) in [5.41, 5.74) is 5.16. The lowest BCUT2D eigenvalue weighted by atomic mass is 9.69. The first kappa shape index (κ1) is 28.8. The van der Waals surface area contributed by atoms with Gasteiger partial charge in [0, 0.05) is 55.2 Å². The molecule has 1 aromatic heterocycles. The van der Waals surface area contributed by atoms with Crippen LogP contribution in [0.5, 0.6) is 6.01 Å². The number of carbonyl (C=O) groups excluding carboxylic acids is 1. The zero-order chi connectivity index (χ0) is 30.0. The van der Waals surface area contributed by atoms with E-state index in [4.69, 9.17) is 19.4 Å². The Labute approximate surface area is 254 Å². The minimum atomic E-state index is -0.806. The van der Waals surface area contributed by atoms with E-state index in [2.05, 4.69) is 29.2 Å². The molecule has 3 aliphatic heterocycles. The lowest BCUT2D eigenvalue weighted by Gasteiger charge is -2.54. The normalized spacial score (nSPS) is 28.1. The first-order valence-electron chi connectivity index (χ1n) is 16.2. The number of hydrogen-bond donors (Lipinski definition) is 0. The average molecular weight is 592 g/mol. The van der Waals surface area contributed by atoms with Gasteiger partial charge in [-0.15, -0.1) is 0 Å². The number of piperidine rings is 1. The summed E-state index contributed by atoms with van der Waals surface area (Å²) >= 11 is 0. The highest BCUT2D eigenvalue weighted by Gasteiger charge is 2.49. The number of aryl methyl sites for hydroxylation is 1. The van der Waals surface area contributed by atoms with Gasteiger partial charge in [-0.2, -0.15) is 9.97 Å². The number of likely N-dealkylation sites (tertiary alicyclic amines) is 2. The molecule has 5 aliphatic rings. The summed E-state index contributed by atoms with van der Waals surface area (Å²) in [6, 6.07) is 9.38. The molecule has 232 valence electrons. The Morgan fingerprint density at radius 1 is 1.07 bits per heavy atom. The van der Waals surface area contributed by atoms with Gasteiger partial charge in [-0.1, -0.05) is 24.3 Å². The van der Waals surface area contributed by atoms with Gasteiger partial charge in [-0.25, -0.2) is 9.18 Å². The number of halogens is 1. The van der Waals surface area contributed by atoms with Gasteiger partial charge in [0.05, 0.1) is 5.69 Å². The minimum absolute atomic E-state index is 0.0347.